The van der Waals surface area contributed by atoms with Gasteiger partial charge in [0.25, 0.3) is 0 Å². The Labute approximate surface area is 147 Å². The molecule has 0 radical (unpaired) electrons. The normalized spacial score (nSPS) is 20.8. The second-order valence-electron chi connectivity index (χ2n) is 6.01. The van der Waals surface area contributed by atoms with Gasteiger partial charge in [-0.05, 0) is 32.1 Å². The predicted octanol–water partition coefficient (Wildman–Crippen LogP) is 5.29. The highest BCUT2D eigenvalue weighted by atomic mass is 16.6. The Morgan fingerprint density at radius 3 is 2.67 bits per heavy atom. The summed E-state index contributed by atoms with van der Waals surface area (Å²) in [6.45, 7) is 2.23. The zero-order valence-electron chi connectivity index (χ0n) is 15.2. The van der Waals surface area contributed by atoms with Gasteiger partial charge in [-0.25, -0.2) is 0 Å². The van der Waals surface area contributed by atoms with Crippen LogP contribution in [0.1, 0.15) is 58.3 Å². The molecule has 1 heterocycles. The van der Waals surface area contributed by atoms with Crippen molar-refractivity contribution in [1.29, 1.82) is 0 Å². The molecule has 0 saturated carbocycles. The quantitative estimate of drug-likeness (QED) is 0.151. The number of carbonyl (C=O) groups is 1. The van der Waals surface area contributed by atoms with E-state index in [4.69, 9.17) is 4.74 Å². The Hall–Kier alpha value is -1.61. The molecule has 0 aromatic heterocycles. The van der Waals surface area contributed by atoms with E-state index < -0.39 is 0 Å². The topological polar surface area (TPSA) is 38.8 Å². The van der Waals surface area contributed by atoms with Crippen molar-refractivity contribution in [2.24, 2.45) is 0 Å². The van der Waals surface area contributed by atoms with Gasteiger partial charge in [0.15, 0.2) is 0 Å². The first kappa shape index (κ1) is 20.4. The van der Waals surface area contributed by atoms with E-state index in [1.165, 1.54) is 32.8 Å². The second-order valence-corrected chi connectivity index (χ2v) is 6.01. The van der Waals surface area contributed by atoms with Crippen molar-refractivity contribution < 1.29 is 14.3 Å². The SMILES string of the molecule is CCCCC/C=C/C/C=C/C=C/C=C/[C@H]1O[C@H]1CCCC(=O)OC. The van der Waals surface area contributed by atoms with E-state index in [0.29, 0.717) is 6.42 Å². The summed E-state index contributed by atoms with van der Waals surface area (Å²) in [5.41, 5.74) is 0. The number of esters is 1. The lowest BCUT2D eigenvalue weighted by atomic mass is 10.1. The molecule has 0 N–H and O–H groups in total. The number of hydrogen-bond donors (Lipinski definition) is 0. The number of allylic oxidation sites excluding steroid dienone is 7. The summed E-state index contributed by atoms with van der Waals surface area (Å²) in [6, 6.07) is 0. The van der Waals surface area contributed by atoms with Crippen LogP contribution in [0.25, 0.3) is 0 Å². The molecular formula is C21H32O3. The lowest BCUT2D eigenvalue weighted by Gasteiger charge is -1.96. The zero-order valence-corrected chi connectivity index (χ0v) is 15.2. The number of hydrogen-bond acceptors (Lipinski definition) is 3. The molecule has 0 aliphatic carbocycles. The molecule has 3 heteroatoms. The third kappa shape index (κ3) is 11.0. The largest absolute Gasteiger partial charge is 0.469 e. The first-order valence-electron chi connectivity index (χ1n) is 9.15. The molecule has 1 saturated heterocycles. The van der Waals surface area contributed by atoms with Gasteiger partial charge in [-0.15, -0.1) is 0 Å². The number of carbonyl (C=O) groups excluding carboxylic acids is 1. The summed E-state index contributed by atoms with van der Waals surface area (Å²) in [5.74, 6) is -0.145. The minimum absolute atomic E-state index is 0.145. The summed E-state index contributed by atoms with van der Waals surface area (Å²) in [6.07, 6.45) is 25.7. The fourth-order valence-corrected chi connectivity index (χ4v) is 2.37. The number of unbranched alkanes of at least 4 members (excludes halogenated alkanes) is 3. The monoisotopic (exact) mass is 332 g/mol. The summed E-state index contributed by atoms with van der Waals surface area (Å²) in [4.78, 5) is 11.0. The van der Waals surface area contributed by atoms with E-state index >= 15 is 0 Å². The van der Waals surface area contributed by atoms with Gasteiger partial charge >= 0.3 is 5.97 Å². The molecule has 1 aliphatic rings. The van der Waals surface area contributed by atoms with Crippen molar-refractivity contribution in [2.75, 3.05) is 7.11 Å². The Morgan fingerprint density at radius 1 is 1.04 bits per heavy atom. The van der Waals surface area contributed by atoms with E-state index in [0.717, 1.165) is 19.3 Å². The molecule has 0 unspecified atom stereocenters. The molecule has 1 fully saturated rings. The molecule has 1 rings (SSSR count). The summed E-state index contributed by atoms with van der Waals surface area (Å²) in [5, 5.41) is 0. The highest BCUT2D eigenvalue weighted by Crippen LogP contribution is 2.28. The number of ether oxygens (including phenoxy) is 2. The minimum atomic E-state index is -0.145. The highest BCUT2D eigenvalue weighted by molar-refractivity contribution is 5.68. The molecule has 3 nitrogen and oxygen atoms in total. The Kier molecular flexibility index (Phi) is 11.7. The summed E-state index contributed by atoms with van der Waals surface area (Å²) < 4.78 is 10.1. The van der Waals surface area contributed by atoms with Gasteiger partial charge in [-0.3, -0.25) is 4.79 Å². The van der Waals surface area contributed by atoms with Crippen LogP contribution in [-0.4, -0.2) is 25.3 Å². The van der Waals surface area contributed by atoms with Crippen LogP contribution in [0.5, 0.6) is 0 Å². The molecule has 0 aromatic carbocycles. The average Bonchev–Trinajstić information content (AvgIpc) is 3.34. The van der Waals surface area contributed by atoms with Crippen LogP contribution in [0.15, 0.2) is 48.6 Å². The van der Waals surface area contributed by atoms with Crippen molar-refractivity contribution in [3.63, 3.8) is 0 Å². The number of rotatable bonds is 13. The maximum Gasteiger partial charge on any atom is 0.305 e. The zero-order chi connectivity index (χ0) is 17.5. The first-order valence-corrected chi connectivity index (χ1v) is 9.15. The Balaban J connectivity index is 2.00. The summed E-state index contributed by atoms with van der Waals surface area (Å²) >= 11 is 0. The lowest BCUT2D eigenvalue weighted by molar-refractivity contribution is -0.140. The van der Waals surface area contributed by atoms with Crippen LogP contribution < -0.4 is 0 Å². The maximum atomic E-state index is 11.0. The lowest BCUT2D eigenvalue weighted by Crippen LogP contribution is -2.01. The molecule has 24 heavy (non-hydrogen) atoms. The second kappa shape index (κ2) is 13.8. The van der Waals surface area contributed by atoms with Gasteiger partial charge in [0.1, 0.15) is 6.10 Å². The van der Waals surface area contributed by atoms with E-state index in [1.54, 1.807) is 0 Å². The van der Waals surface area contributed by atoms with E-state index in [2.05, 4.69) is 42.0 Å². The van der Waals surface area contributed by atoms with Crippen molar-refractivity contribution in [1.82, 2.24) is 0 Å². The van der Waals surface area contributed by atoms with Gasteiger partial charge in [0.2, 0.25) is 0 Å². The fourth-order valence-electron chi connectivity index (χ4n) is 2.37. The Bertz CT molecular complexity index is 446. The molecule has 0 spiro atoms. The van der Waals surface area contributed by atoms with Crippen molar-refractivity contribution in [2.45, 2.75) is 70.5 Å². The smallest absolute Gasteiger partial charge is 0.305 e. The van der Waals surface area contributed by atoms with Gasteiger partial charge < -0.3 is 9.47 Å². The van der Waals surface area contributed by atoms with Gasteiger partial charge in [0, 0.05) is 6.42 Å². The van der Waals surface area contributed by atoms with Gasteiger partial charge in [-0.2, -0.15) is 0 Å². The van der Waals surface area contributed by atoms with E-state index in [9.17, 15) is 4.79 Å². The number of methoxy groups -OCH3 is 1. The van der Waals surface area contributed by atoms with Crippen LogP contribution in [0.3, 0.4) is 0 Å². The maximum absolute atomic E-state index is 11.0. The molecular weight excluding hydrogens is 300 g/mol. The van der Waals surface area contributed by atoms with Gasteiger partial charge in [-0.1, -0.05) is 68.4 Å². The van der Waals surface area contributed by atoms with E-state index in [1.807, 2.05) is 18.2 Å². The van der Waals surface area contributed by atoms with Crippen molar-refractivity contribution >= 4 is 5.97 Å². The molecule has 2 atom stereocenters. The predicted molar refractivity (Wildman–Crippen MR) is 99.8 cm³/mol. The van der Waals surface area contributed by atoms with Crippen LogP contribution >= 0.6 is 0 Å². The van der Waals surface area contributed by atoms with Crippen LogP contribution in [-0.2, 0) is 14.3 Å². The van der Waals surface area contributed by atoms with Crippen LogP contribution in [0.2, 0.25) is 0 Å². The van der Waals surface area contributed by atoms with Crippen LogP contribution in [0, 0.1) is 0 Å². The molecule has 134 valence electrons. The van der Waals surface area contributed by atoms with Crippen LogP contribution in [0.4, 0.5) is 0 Å². The minimum Gasteiger partial charge on any atom is -0.469 e. The third-order valence-corrected chi connectivity index (χ3v) is 3.90. The van der Waals surface area contributed by atoms with E-state index in [-0.39, 0.29) is 18.2 Å². The number of epoxide rings is 1. The van der Waals surface area contributed by atoms with Crippen molar-refractivity contribution in [3.05, 3.63) is 48.6 Å². The third-order valence-electron chi connectivity index (χ3n) is 3.90. The summed E-state index contributed by atoms with van der Waals surface area (Å²) in [7, 11) is 1.42. The standard InChI is InChI=1S/C21H32O3/c1-3-4-5-6-7-8-9-10-11-12-13-14-16-19-20(24-19)17-15-18-21(22)23-2/h7-8,10-14,16,19-20H,3-6,9,15,17-18H2,1-2H3/b8-7+,11-10+,13-12+,16-14+/t19-,20+/m1/s1. The van der Waals surface area contributed by atoms with Crippen molar-refractivity contribution in [3.8, 4) is 0 Å². The molecule has 1 aliphatic heterocycles. The first-order chi connectivity index (χ1) is 11.8. The highest BCUT2D eigenvalue weighted by Gasteiger charge is 2.35. The average molecular weight is 332 g/mol. The fraction of sp³-hybridized carbons (Fsp3) is 0.571. The van der Waals surface area contributed by atoms with Gasteiger partial charge in [0.05, 0.1) is 13.2 Å². The molecule has 0 aromatic rings. The molecule has 0 bridgehead atoms. The molecule has 0 amide bonds. The Morgan fingerprint density at radius 2 is 1.88 bits per heavy atom.